The number of halogens is 2. The summed E-state index contributed by atoms with van der Waals surface area (Å²) in [5, 5.41) is 8.51. The zero-order chi connectivity index (χ0) is 20.5. The van der Waals surface area contributed by atoms with Crippen LogP contribution in [0, 0.1) is 18.6 Å². The maximum Gasteiger partial charge on any atom is 0.322 e. The van der Waals surface area contributed by atoms with Crippen molar-refractivity contribution < 1.29 is 27.6 Å². The molecule has 152 valence electrons. The summed E-state index contributed by atoms with van der Waals surface area (Å²) < 4.78 is 36.9. The van der Waals surface area contributed by atoms with Crippen LogP contribution in [0.1, 0.15) is 19.1 Å². The Kier molecular flexibility index (Phi) is 7.88. The van der Waals surface area contributed by atoms with E-state index in [1.54, 1.807) is 6.92 Å². The van der Waals surface area contributed by atoms with Gasteiger partial charge in [0.15, 0.2) is 5.82 Å². The monoisotopic (exact) mass is 396 g/mol. The zero-order valence-corrected chi connectivity index (χ0v) is 15.6. The number of amides is 3. The summed E-state index contributed by atoms with van der Waals surface area (Å²) in [5.74, 6) is -1.42. The molecule has 8 nitrogen and oxygen atoms in total. The van der Waals surface area contributed by atoms with Crippen LogP contribution in [-0.2, 0) is 9.53 Å². The summed E-state index contributed by atoms with van der Waals surface area (Å²) in [4.78, 5) is 25.9. The first kappa shape index (κ1) is 21.3. The Balaban J connectivity index is 2.01. The highest BCUT2D eigenvalue weighted by molar-refractivity contribution is 5.96. The van der Waals surface area contributed by atoms with Crippen molar-refractivity contribution in [1.29, 1.82) is 0 Å². The Morgan fingerprint density at radius 2 is 2.04 bits per heavy atom. The second-order valence-electron chi connectivity index (χ2n) is 5.90. The molecule has 0 saturated carbocycles. The normalized spacial score (nSPS) is 10.6. The van der Waals surface area contributed by atoms with E-state index >= 15 is 0 Å². The van der Waals surface area contributed by atoms with Crippen LogP contribution >= 0.6 is 0 Å². The molecule has 10 heteroatoms. The van der Waals surface area contributed by atoms with Gasteiger partial charge in [0.25, 0.3) is 0 Å². The average molecular weight is 396 g/mol. The van der Waals surface area contributed by atoms with Crippen LogP contribution in [0.15, 0.2) is 28.8 Å². The largest absolute Gasteiger partial charge is 0.382 e. The Labute approximate surface area is 160 Å². The Morgan fingerprint density at radius 1 is 1.25 bits per heavy atom. The minimum absolute atomic E-state index is 0.186. The topological polar surface area (TPSA) is 96.7 Å². The van der Waals surface area contributed by atoms with Gasteiger partial charge >= 0.3 is 6.03 Å². The summed E-state index contributed by atoms with van der Waals surface area (Å²) in [7, 11) is 0. The zero-order valence-electron chi connectivity index (χ0n) is 15.6. The lowest BCUT2D eigenvalue weighted by atomic mass is 10.3. The summed E-state index contributed by atoms with van der Waals surface area (Å²) in [6.07, 6.45) is 0.476. The smallest absolute Gasteiger partial charge is 0.322 e. The molecule has 1 aromatic carbocycles. The minimum Gasteiger partial charge on any atom is -0.382 e. The van der Waals surface area contributed by atoms with Gasteiger partial charge in [0.2, 0.25) is 5.91 Å². The van der Waals surface area contributed by atoms with Gasteiger partial charge in [-0.15, -0.1) is 0 Å². The van der Waals surface area contributed by atoms with E-state index in [0.29, 0.717) is 31.5 Å². The Hall–Kier alpha value is -3.01. The van der Waals surface area contributed by atoms with Crippen molar-refractivity contribution in [2.75, 3.05) is 36.9 Å². The van der Waals surface area contributed by atoms with Gasteiger partial charge in [0.1, 0.15) is 23.9 Å². The molecule has 0 aliphatic rings. The molecule has 28 heavy (non-hydrogen) atoms. The fourth-order valence-electron chi connectivity index (χ4n) is 2.32. The maximum atomic E-state index is 13.8. The van der Waals surface area contributed by atoms with Gasteiger partial charge in [0.05, 0.1) is 5.69 Å². The molecule has 0 fully saturated rings. The van der Waals surface area contributed by atoms with Crippen molar-refractivity contribution in [2.45, 2.75) is 20.3 Å². The van der Waals surface area contributed by atoms with E-state index in [4.69, 9.17) is 9.26 Å². The SMILES string of the molecule is CCOCCCN(CC(=O)Nc1cc(C)on1)C(=O)Nc1ccc(F)cc1F. The molecule has 2 rings (SSSR count). The van der Waals surface area contributed by atoms with Gasteiger partial charge in [-0.1, -0.05) is 5.16 Å². The summed E-state index contributed by atoms with van der Waals surface area (Å²) in [6, 6.07) is 3.63. The number of aromatic nitrogens is 1. The van der Waals surface area contributed by atoms with E-state index in [1.165, 1.54) is 11.0 Å². The fourth-order valence-corrected chi connectivity index (χ4v) is 2.32. The molecule has 0 saturated heterocycles. The number of hydrogen-bond acceptors (Lipinski definition) is 5. The lowest BCUT2D eigenvalue weighted by molar-refractivity contribution is -0.116. The third-order valence-electron chi connectivity index (χ3n) is 3.61. The molecule has 0 bridgehead atoms. The Morgan fingerprint density at radius 3 is 2.68 bits per heavy atom. The van der Waals surface area contributed by atoms with E-state index in [2.05, 4.69) is 15.8 Å². The number of nitrogens with one attached hydrogen (secondary N) is 2. The highest BCUT2D eigenvalue weighted by atomic mass is 19.1. The van der Waals surface area contributed by atoms with Gasteiger partial charge in [0, 0.05) is 31.9 Å². The van der Waals surface area contributed by atoms with Gasteiger partial charge in [-0.25, -0.2) is 13.6 Å². The van der Waals surface area contributed by atoms with Crippen LogP contribution in [-0.4, -0.2) is 48.3 Å². The van der Waals surface area contributed by atoms with Crippen LogP contribution in [0.25, 0.3) is 0 Å². The van der Waals surface area contributed by atoms with E-state index in [1.807, 2.05) is 6.92 Å². The average Bonchev–Trinajstić information content (AvgIpc) is 3.04. The van der Waals surface area contributed by atoms with Crippen molar-refractivity contribution in [2.24, 2.45) is 0 Å². The molecule has 0 unspecified atom stereocenters. The number of urea groups is 1. The molecule has 0 radical (unpaired) electrons. The molecule has 3 amide bonds. The molecule has 0 aliphatic carbocycles. The van der Waals surface area contributed by atoms with E-state index in [0.717, 1.165) is 12.1 Å². The number of carbonyl (C=O) groups excluding carboxylic acids is 2. The lowest BCUT2D eigenvalue weighted by Gasteiger charge is -2.22. The van der Waals surface area contributed by atoms with E-state index < -0.39 is 23.6 Å². The number of benzene rings is 1. The van der Waals surface area contributed by atoms with Crippen molar-refractivity contribution >= 4 is 23.4 Å². The number of carbonyl (C=O) groups is 2. The summed E-state index contributed by atoms with van der Waals surface area (Å²) >= 11 is 0. The van der Waals surface area contributed by atoms with Crippen molar-refractivity contribution in [3.8, 4) is 0 Å². The first-order valence-electron chi connectivity index (χ1n) is 8.71. The minimum atomic E-state index is -0.912. The van der Waals surface area contributed by atoms with Gasteiger partial charge in [-0.3, -0.25) is 4.79 Å². The molecular formula is C18H22F2N4O4. The van der Waals surface area contributed by atoms with E-state index in [-0.39, 0.29) is 24.6 Å². The third kappa shape index (κ3) is 6.62. The first-order chi connectivity index (χ1) is 13.4. The van der Waals surface area contributed by atoms with Crippen molar-refractivity contribution in [3.05, 3.63) is 41.7 Å². The van der Waals surface area contributed by atoms with Gasteiger partial charge < -0.3 is 24.8 Å². The second-order valence-corrected chi connectivity index (χ2v) is 5.90. The summed E-state index contributed by atoms with van der Waals surface area (Å²) in [6.45, 7) is 4.34. The predicted molar refractivity (Wildman–Crippen MR) is 97.9 cm³/mol. The molecule has 1 aromatic heterocycles. The van der Waals surface area contributed by atoms with Crippen LogP contribution in [0.3, 0.4) is 0 Å². The second kappa shape index (κ2) is 10.4. The number of anilines is 2. The highest BCUT2D eigenvalue weighted by Gasteiger charge is 2.19. The van der Waals surface area contributed by atoms with Crippen LogP contribution in [0.2, 0.25) is 0 Å². The highest BCUT2D eigenvalue weighted by Crippen LogP contribution is 2.16. The molecule has 2 N–H and O–H groups in total. The summed E-state index contributed by atoms with van der Waals surface area (Å²) in [5.41, 5.74) is -0.186. The number of nitrogens with zero attached hydrogens (tertiary/aromatic N) is 2. The number of aryl methyl sites for hydroxylation is 1. The van der Waals surface area contributed by atoms with Crippen LogP contribution in [0.5, 0.6) is 0 Å². The predicted octanol–water partition coefficient (Wildman–Crippen LogP) is 3.16. The maximum absolute atomic E-state index is 13.8. The molecular weight excluding hydrogens is 374 g/mol. The van der Waals surface area contributed by atoms with Crippen LogP contribution in [0.4, 0.5) is 25.1 Å². The molecule has 0 aliphatic heterocycles. The van der Waals surface area contributed by atoms with Crippen molar-refractivity contribution in [1.82, 2.24) is 10.1 Å². The quantitative estimate of drug-likeness (QED) is 0.635. The van der Waals surface area contributed by atoms with E-state index in [9.17, 15) is 18.4 Å². The Bertz CT molecular complexity index is 813. The third-order valence-corrected chi connectivity index (χ3v) is 3.61. The standard InChI is InChI=1S/C18H22F2N4O4/c1-3-27-8-4-7-24(11-17(25)22-16-9-12(2)28-23-16)18(26)21-15-6-5-13(19)10-14(15)20/h5-6,9-10H,3-4,7-8,11H2,1-2H3,(H,21,26)(H,22,23,25). The first-order valence-corrected chi connectivity index (χ1v) is 8.71. The fraction of sp³-hybridized carbons (Fsp3) is 0.389. The number of ether oxygens (including phenoxy) is 1. The number of rotatable bonds is 9. The number of hydrogen-bond donors (Lipinski definition) is 2. The lowest BCUT2D eigenvalue weighted by Crippen LogP contribution is -2.41. The van der Waals surface area contributed by atoms with Gasteiger partial charge in [-0.2, -0.15) is 0 Å². The van der Waals surface area contributed by atoms with Crippen molar-refractivity contribution in [3.63, 3.8) is 0 Å². The molecule has 1 heterocycles. The van der Waals surface area contributed by atoms with Gasteiger partial charge in [-0.05, 0) is 32.4 Å². The molecule has 0 spiro atoms. The van der Waals surface area contributed by atoms with Crippen LogP contribution < -0.4 is 10.6 Å². The molecule has 0 atom stereocenters. The molecule has 2 aromatic rings.